The first-order valence-corrected chi connectivity index (χ1v) is 9.77. The molecular formula is C24H24N4O2. The van der Waals surface area contributed by atoms with Gasteiger partial charge in [0.15, 0.2) is 0 Å². The molecule has 0 spiro atoms. The molecule has 30 heavy (non-hydrogen) atoms. The molecule has 0 aliphatic heterocycles. The molecular weight excluding hydrogens is 376 g/mol. The van der Waals surface area contributed by atoms with Crippen LogP contribution in [0.15, 0.2) is 79.1 Å². The van der Waals surface area contributed by atoms with Crippen LogP contribution in [0.3, 0.4) is 0 Å². The van der Waals surface area contributed by atoms with Crippen molar-refractivity contribution in [2.45, 2.75) is 13.0 Å². The van der Waals surface area contributed by atoms with Gasteiger partial charge in [0.1, 0.15) is 12.1 Å². The van der Waals surface area contributed by atoms with Gasteiger partial charge in [0.2, 0.25) is 0 Å². The zero-order valence-corrected chi connectivity index (χ0v) is 17.2. The molecule has 6 nitrogen and oxygen atoms in total. The summed E-state index contributed by atoms with van der Waals surface area (Å²) in [6.45, 7) is 2.01. The fourth-order valence-electron chi connectivity index (χ4n) is 3.39. The lowest BCUT2D eigenvalue weighted by atomic mass is 10.1. The maximum absolute atomic E-state index is 12.7. The van der Waals surface area contributed by atoms with E-state index in [1.54, 1.807) is 25.1 Å². The van der Waals surface area contributed by atoms with Crippen LogP contribution in [0.4, 0.5) is 10.5 Å². The molecule has 6 heteroatoms. The highest BCUT2D eigenvalue weighted by molar-refractivity contribution is 5.89. The topological polar surface area (TPSA) is 59.4 Å². The number of carbonyl (C=O) groups excluding carboxylic acids is 1. The molecule has 0 radical (unpaired) electrons. The molecule has 3 aromatic carbocycles. The Balaban J connectivity index is 1.48. The number of imidazole rings is 1. The normalized spacial score (nSPS) is 11.8. The second kappa shape index (κ2) is 8.29. The van der Waals surface area contributed by atoms with E-state index in [-0.39, 0.29) is 12.1 Å². The van der Waals surface area contributed by atoms with Crippen LogP contribution < -0.4 is 10.1 Å². The maximum Gasteiger partial charge on any atom is 0.322 e. The third kappa shape index (κ3) is 3.85. The average Bonchev–Trinajstić information content (AvgIpc) is 3.22. The van der Waals surface area contributed by atoms with Crippen molar-refractivity contribution in [2.24, 2.45) is 0 Å². The van der Waals surface area contributed by atoms with Crippen molar-refractivity contribution in [2.75, 3.05) is 19.5 Å². The smallest absolute Gasteiger partial charge is 0.322 e. The van der Waals surface area contributed by atoms with Gasteiger partial charge in [0, 0.05) is 24.5 Å². The minimum absolute atomic E-state index is 0.0933. The summed E-state index contributed by atoms with van der Waals surface area (Å²) in [6.07, 6.45) is 1.83. The molecule has 152 valence electrons. The van der Waals surface area contributed by atoms with E-state index in [0.29, 0.717) is 11.4 Å². The van der Waals surface area contributed by atoms with Crippen LogP contribution in [0.25, 0.3) is 16.7 Å². The summed E-state index contributed by atoms with van der Waals surface area (Å²) in [7, 11) is 3.39. The lowest BCUT2D eigenvalue weighted by Gasteiger charge is -2.26. The fraction of sp³-hybridized carbons (Fsp3) is 0.167. The molecule has 1 heterocycles. The molecule has 1 aromatic heterocycles. The van der Waals surface area contributed by atoms with Crippen molar-refractivity contribution in [3.05, 3.63) is 84.7 Å². The molecule has 0 saturated heterocycles. The zero-order valence-electron chi connectivity index (χ0n) is 17.2. The number of aromatic nitrogens is 2. The molecule has 0 fully saturated rings. The number of rotatable bonds is 5. The van der Waals surface area contributed by atoms with Gasteiger partial charge in [-0.15, -0.1) is 0 Å². The first-order valence-electron chi connectivity index (χ1n) is 9.77. The Morgan fingerprint density at radius 2 is 1.83 bits per heavy atom. The molecule has 0 bridgehead atoms. The first-order chi connectivity index (χ1) is 14.6. The minimum atomic E-state index is -0.180. The number of carbonyl (C=O) groups is 1. The molecule has 0 aliphatic carbocycles. The Morgan fingerprint density at radius 1 is 1.07 bits per heavy atom. The number of anilines is 1. The highest BCUT2D eigenvalue weighted by Gasteiger charge is 2.18. The van der Waals surface area contributed by atoms with Crippen LogP contribution in [0.1, 0.15) is 18.5 Å². The summed E-state index contributed by atoms with van der Waals surface area (Å²) < 4.78 is 7.27. The Kier molecular flexibility index (Phi) is 5.39. The van der Waals surface area contributed by atoms with Gasteiger partial charge in [0.05, 0.1) is 24.2 Å². The number of benzene rings is 3. The SMILES string of the molecule is COc1cccc(NC(=O)N(C)C(C)c2ccc(-n3cnc4ccccc43)cc2)c1. The Hall–Kier alpha value is -3.80. The second-order valence-corrected chi connectivity index (χ2v) is 7.14. The van der Waals surface area contributed by atoms with Crippen molar-refractivity contribution in [3.63, 3.8) is 0 Å². The Bertz CT molecular complexity index is 1170. The van der Waals surface area contributed by atoms with Gasteiger partial charge < -0.3 is 15.0 Å². The van der Waals surface area contributed by atoms with Gasteiger partial charge in [0.25, 0.3) is 0 Å². The lowest BCUT2D eigenvalue weighted by molar-refractivity contribution is 0.208. The van der Waals surface area contributed by atoms with E-state index in [1.165, 1.54) is 0 Å². The zero-order chi connectivity index (χ0) is 21.1. The summed E-state index contributed by atoms with van der Waals surface area (Å²) in [5, 5.41) is 2.92. The third-order valence-corrected chi connectivity index (χ3v) is 5.33. The van der Waals surface area contributed by atoms with Gasteiger partial charge in [-0.1, -0.05) is 30.3 Å². The molecule has 0 aliphatic rings. The predicted molar refractivity (Wildman–Crippen MR) is 119 cm³/mol. The van der Waals surface area contributed by atoms with Gasteiger partial charge in [-0.05, 0) is 48.9 Å². The van der Waals surface area contributed by atoms with Crippen LogP contribution in [0.5, 0.6) is 5.75 Å². The molecule has 2 amide bonds. The molecule has 4 rings (SSSR count). The average molecular weight is 400 g/mol. The Morgan fingerprint density at radius 3 is 2.60 bits per heavy atom. The fourth-order valence-corrected chi connectivity index (χ4v) is 3.39. The number of para-hydroxylation sites is 2. The van der Waals surface area contributed by atoms with E-state index < -0.39 is 0 Å². The largest absolute Gasteiger partial charge is 0.497 e. The highest BCUT2D eigenvalue weighted by Crippen LogP contribution is 2.24. The van der Waals surface area contributed by atoms with Crippen molar-refractivity contribution < 1.29 is 9.53 Å². The Labute approximate surface area is 175 Å². The number of amides is 2. The molecule has 1 unspecified atom stereocenters. The van der Waals surface area contributed by atoms with Crippen LogP contribution in [-0.4, -0.2) is 34.6 Å². The van der Waals surface area contributed by atoms with Crippen molar-refractivity contribution in [1.82, 2.24) is 14.5 Å². The minimum Gasteiger partial charge on any atom is -0.497 e. The number of ether oxygens (including phenoxy) is 1. The number of fused-ring (bicyclic) bond motifs is 1. The van der Waals surface area contributed by atoms with Gasteiger partial charge in [-0.25, -0.2) is 9.78 Å². The van der Waals surface area contributed by atoms with Gasteiger partial charge in [-0.3, -0.25) is 4.57 Å². The molecule has 4 aromatic rings. The molecule has 1 N–H and O–H groups in total. The van der Waals surface area contributed by atoms with E-state index in [2.05, 4.69) is 20.9 Å². The van der Waals surface area contributed by atoms with Gasteiger partial charge in [-0.2, -0.15) is 0 Å². The van der Waals surface area contributed by atoms with Crippen LogP contribution in [-0.2, 0) is 0 Å². The molecule has 0 saturated carbocycles. The van der Waals surface area contributed by atoms with Crippen LogP contribution in [0, 0.1) is 0 Å². The van der Waals surface area contributed by atoms with Crippen LogP contribution in [0.2, 0.25) is 0 Å². The van der Waals surface area contributed by atoms with E-state index >= 15 is 0 Å². The van der Waals surface area contributed by atoms with Gasteiger partial charge >= 0.3 is 6.03 Å². The number of methoxy groups -OCH3 is 1. The summed E-state index contributed by atoms with van der Waals surface area (Å²) >= 11 is 0. The van der Waals surface area contributed by atoms with Crippen molar-refractivity contribution >= 4 is 22.8 Å². The van der Waals surface area contributed by atoms with Crippen LogP contribution >= 0.6 is 0 Å². The first kappa shape index (κ1) is 19.5. The monoisotopic (exact) mass is 400 g/mol. The number of urea groups is 1. The van der Waals surface area contributed by atoms with E-state index in [4.69, 9.17) is 4.74 Å². The highest BCUT2D eigenvalue weighted by atomic mass is 16.5. The lowest BCUT2D eigenvalue weighted by Crippen LogP contribution is -2.33. The summed E-state index contributed by atoms with van der Waals surface area (Å²) in [6, 6.07) is 23.3. The van der Waals surface area contributed by atoms with E-state index in [9.17, 15) is 4.79 Å². The van der Waals surface area contributed by atoms with E-state index in [0.717, 1.165) is 22.3 Å². The van der Waals surface area contributed by atoms with E-state index in [1.807, 2.05) is 73.9 Å². The number of nitrogens with one attached hydrogen (secondary N) is 1. The second-order valence-electron chi connectivity index (χ2n) is 7.14. The number of hydrogen-bond donors (Lipinski definition) is 1. The predicted octanol–water partition coefficient (Wildman–Crippen LogP) is 5.26. The summed E-state index contributed by atoms with van der Waals surface area (Å²) in [4.78, 5) is 18.8. The standard InChI is InChI=1S/C24H24N4O2/c1-17(27(2)24(29)26-19-7-6-8-21(15-19)30-3)18-11-13-20(14-12-18)28-16-25-22-9-4-5-10-23(22)28/h4-17H,1-3H3,(H,26,29). The molecule has 1 atom stereocenters. The summed E-state index contributed by atoms with van der Waals surface area (Å²) in [5.41, 5.74) is 4.80. The summed E-state index contributed by atoms with van der Waals surface area (Å²) in [5.74, 6) is 0.700. The third-order valence-electron chi connectivity index (χ3n) is 5.33. The number of hydrogen-bond acceptors (Lipinski definition) is 3. The quantitative estimate of drug-likeness (QED) is 0.497. The number of nitrogens with zero attached hydrogens (tertiary/aromatic N) is 3. The van der Waals surface area contributed by atoms with Crippen molar-refractivity contribution in [1.29, 1.82) is 0 Å². The maximum atomic E-state index is 12.7. The van der Waals surface area contributed by atoms with Crippen molar-refractivity contribution in [3.8, 4) is 11.4 Å².